The van der Waals surface area contributed by atoms with Gasteiger partial charge in [0.05, 0.1) is 17.1 Å². The predicted molar refractivity (Wildman–Crippen MR) is 94.5 cm³/mol. The van der Waals surface area contributed by atoms with E-state index in [-0.39, 0.29) is 5.78 Å². The first-order valence-corrected chi connectivity index (χ1v) is 7.99. The fraction of sp³-hybridized carbons (Fsp3) is 0.263. The molecule has 0 unspecified atom stereocenters. The van der Waals surface area contributed by atoms with Gasteiger partial charge in [-0.2, -0.15) is 0 Å². The van der Waals surface area contributed by atoms with E-state index in [0.29, 0.717) is 18.5 Å². The third kappa shape index (κ3) is 3.23. The van der Waals surface area contributed by atoms with Crippen LogP contribution in [0.4, 0.5) is 0 Å². The molecule has 0 bridgehead atoms. The summed E-state index contributed by atoms with van der Waals surface area (Å²) < 4.78 is 0. The normalized spacial score (nSPS) is 12.6. The third-order valence-electron chi connectivity index (χ3n) is 4.13. The van der Waals surface area contributed by atoms with Crippen LogP contribution in [-0.2, 0) is 0 Å². The number of pyridine rings is 1. The number of carbonyl (C=O) groups is 1. The van der Waals surface area contributed by atoms with E-state index in [1.165, 1.54) is 0 Å². The van der Waals surface area contributed by atoms with Gasteiger partial charge in [-0.05, 0) is 37.6 Å². The summed E-state index contributed by atoms with van der Waals surface area (Å²) in [5.74, 6) is -0.0234. The first-order chi connectivity index (χ1) is 11.2. The average molecular weight is 307 g/mol. The van der Waals surface area contributed by atoms with E-state index in [9.17, 15) is 4.79 Å². The lowest BCUT2D eigenvalue weighted by Gasteiger charge is -2.12. The van der Waals surface area contributed by atoms with E-state index in [1.807, 2.05) is 48.5 Å². The smallest absolute Gasteiger partial charge is 0.180 e. The number of unbranched alkanes of at least 4 members (excludes halogenated alkanes) is 1. The Bertz CT molecular complexity index is 844. The van der Waals surface area contributed by atoms with Crippen molar-refractivity contribution >= 4 is 27.6 Å². The van der Waals surface area contributed by atoms with E-state index < -0.39 is 6.04 Å². The van der Waals surface area contributed by atoms with Crippen molar-refractivity contribution < 1.29 is 4.79 Å². The second-order valence-corrected chi connectivity index (χ2v) is 5.81. The zero-order chi connectivity index (χ0) is 16.2. The summed E-state index contributed by atoms with van der Waals surface area (Å²) in [6.45, 7) is 0.630. The lowest BCUT2D eigenvalue weighted by Crippen LogP contribution is -2.30. The number of Topliss-reactive ketones (excluding diaryl/α,β-unsaturated/α-hetero) is 1. The van der Waals surface area contributed by atoms with Crippen molar-refractivity contribution in [2.75, 3.05) is 6.54 Å². The lowest BCUT2D eigenvalue weighted by atomic mass is 9.96. The first kappa shape index (κ1) is 15.6. The van der Waals surface area contributed by atoms with Crippen LogP contribution in [0.25, 0.3) is 21.8 Å². The number of carbonyl (C=O) groups excluding carboxylic acids is 1. The number of aromatic nitrogens is 1. The molecule has 3 rings (SSSR count). The van der Waals surface area contributed by atoms with Gasteiger partial charge in [0.2, 0.25) is 0 Å². The quantitative estimate of drug-likeness (QED) is 0.416. The maximum Gasteiger partial charge on any atom is 0.180 e. The highest BCUT2D eigenvalue weighted by atomic mass is 16.1. The van der Waals surface area contributed by atoms with Crippen LogP contribution in [0.2, 0.25) is 0 Å². The van der Waals surface area contributed by atoms with Crippen LogP contribution < -0.4 is 11.5 Å². The number of nitrogens with zero attached hydrogens (tertiary/aromatic N) is 1. The molecule has 1 heterocycles. The van der Waals surface area contributed by atoms with Crippen LogP contribution in [0, 0.1) is 0 Å². The van der Waals surface area contributed by atoms with Gasteiger partial charge in [-0.1, -0.05) is 36.8 Å². The number of fused-ring (bicyclic) bond motifs is 2. The van der Waals surface area contributed by atoms with Crippen LogP contribution in [0.1, 0.15) is 29.6 Å². The summed E-state index contributed by atoms with van der Waals surface area (Å²) in [6.07, 6.45) is 2.42. The molecular weight excluding hydrogens is 286 g/mol. The van der Waals surface area contributed by atoms with Crippen molar-refractivity contribution in [3.8, 4) is 0 Å². The van der Waals surface area contributed by atoms with E-state index in [2.05, 4.69) is 4.98 Å². The van der Waals surface area contributed by atoms with Crippen LogP contribution in [0.15, 0.2) is 48.5 Å². The highest BCUT2D eigenvalue weighted by molar-refractivity contribution is 6.11. The van der Waals surface area contributed by atoms with E-state index in [0.717, 1.165) is 34.6 Å². The van der Waals surface area contributed by atoms with Crippen LogP contribution in [0.3, 0.4) is 0 Å². The highest BCUT2D eigenvalue weighted by Crippen LogP contribution is 2.24. The molecule has 1 aromatic heterocycles. The summed E-state index contributed by atoms with van der Waals surface area (Å²) in [4.78, 5) is 17.4. The van der Waals surface area contributed by atoms with Gasteiger partial charge in [0.15, 0.2) is 5.78 Å². The van der Waals surface area contributed by atoms with E-state index in [4.69, 9.17) is 11.5 Å². The highest BCUT2D eigenvalue weighted by Gasteiger charge is 2.18. The average Bonchev–Trinajstić information content (AvgIpc) is 2.59. The molecule has 0 aliphatic rings. The minimum atomic E-state index is -0.487. The Morgan fingerprint density at radius 1 is 1.04 bits per heavy atom. The maximum absolute atomic E-state index is 12.7. The van der Waals surface area contributed by atoms with Gasteiger partial charge < -0.3 is 11.5 Å². The van der Waals surface area contributed by atoms with Crippen LogP contribution in [0.5, 0.6) is 0 Å². The molecule has 0 amide bonds. The second-order valence-electron chi connectivity index (χ2n) is 5.81. The molecule has 0 aliphatic heterocycles. The van der Waals surface area contributed by atoms with Crippen LogP contribution in [-0.4, -0.2) is 23.4 Å². The largest absolute Gasteiger partial charge is 0.330 e. The topological polar surface area (TPSA) is 82.0 Å². The van der Waals surface area contributed by atoms with Crippen molar-refractivity contribution in [3.05, 3.63) is 54.1 Å². The zero-order valence-corrected chi connectivity index (χ0v) is 13.0. The Morgan fingerprint density at radius 3 is 2.65 bits per heavy atom. The fourth-order valence-corrected chi connectivity index (χ4v) is 2.85. The second kappa shape index (κ2) is 6.86. The molecule has 1 atom stereocenters. The molecule has 0 radical (unpaired) electrons. The van der Waals surface area contributed by atoms with Crippen LogP contribution >= 0.6 is 0 Å². The molecule has 0 saturated carbocycles. The molecule has 4 heteroatoms. The van der Waals surface area contributed by atoms with Gasteiger partial charge in [0.25, 0.3) is 0 Å². The summed E-state index contributed by atoms with van der Waals surface area (Å²) in [7, 11) is 0. The molecular formula is C19H21N3O. The molecule has 0 aliphatic carbocycles. The molecule has 0 spiro atoms. The molecule has 0 saturated heterocycles. The van der Waals surface area contributed by atoms with E-state index >= 15 is 0 Å². The summed E-state index contributed by atoms with van der Waals surface area (Å²) >= 11 is 0. The number of hydrogen-bond acceptors (Lipinski definition) is 4. The van der Waals surface area contributed by atoms with Crippen molar-refractivity contribution in [1.29, 1.82) is 0 Å². The monoisotopic (exact) mass is 307 g/mol. The SMILES string of the molecule is NCCCC[C@H](N)C(=O)c1cccc2nc3ccccc3cc12. The molecule has 3 aromatic rings. The van der Waals surface area contributed by atoms with Crippen molar-refractivity contribution in [2.45, 2.75) is 25.3 Å². The number of benzene rings is 2. The zero-order valence-electron chi connectivity index (χ0n) is 13.0. The van der Waals surface area contributed by atoms with Gasteiger partial charge in [-0.3, -0.25) is 4.79 Å². The molecule has 0 fully saturated rings. The Kier molecular flexibility index (Phi) is 4.65. The molecule has 4 N–H and O–H groups in total. The fourth-order valence-electron chi connectivity index (χ4n) is 2.85. The van der Waals surface area contributed by atoms with Gasteiger partial charge >= 0.3 is 0 Å². The summed E-state index contributed by atoms with van der Waals surface area (Å²) in [6, 6.07) is 15.1. The molecule has 118 valence electrons. The molecule has 23 heavy (non-hydrogen) atoms. The van der Waals surface area contributed by atoms with Gasteiger partial charge in [0, 0.05) is 16.3 Å². The summed E-state index contributed by atoms with van der Waals surface area (Å²) in [5, 5.41) is 1.89. The number of nitrogens with two attached hydrogens (primary N) is 2. The number of rotatable bonds is 6. The minimum Gasteiger partial charge on any atom is -0.330 e. The third-order valence-corrected chi connectivity index (χ3v) is 4.13. The number of hydrogen-bond donors (Lipinski definition) is 2. The summed E-state index contributed by atoms with van der Waals surface area (Å²) in [5.41, 5.74) is 14.0. The first-order valence-electron chi connectivity index (χ1n) is 7.99. The number of para-hydroxylation sites is 1. The Morgan fingerprint density at radius 2 is 1.83 bits per heavy atom. The minimum absolute atomic E-state index is 0.0234. The standard InChI is InChI=1S/C19H21N3O/c20-11-4-3-8-16(21)19(23)14-7-5-10-18-15(14)12-13-6-1-2-9-17(13)22-18/h1-2,5-7,9-10,12,16H,3-4,8,11,20-21H2/t16-/m0/s1. The molecule has 2 aromatic carbocycles. The van der Waals surface area contributed by atoms with Crippen molar-refractivity contribution in [2.24, 2.45) is 11.5 Å². The van der Waals surface area contributed by atoms with Crippen molar-refractivity contribution in [3.63, 3.8) is 0 Å². The van der Waals surface area contributed by atoms with Gasteiger partial charge in [-0.15, -0.1) is 0 Å². The van der Waals surface area contributed by atoms with Crippen molar-refractivity contribution in [1.82, 2.24) is 4.98 Å². The lowest BCUT2D eigenvalue weighted by molar-refractivity contribution is 0.0957. The Hall–Kier alpha value is -2.30. The maximum atomic E-state index is 12.7. The Labute approximate surface area is 135 Å². The van der Waals surface area contributed by atoms with Gasteiger partial charge in [0.1, 0.15) is 0 Å². The predicted octanol–water partition coefficient (Wildman–Crippen LogP) is 3.03. The van der Waals surface area contributed by atoms with E-state index in [1.54, 1.807) is 0 Å². The Balaban J connectivity index is 2.00. The number of ketones is 1. The van der Waals surface area contributed by atoms with Gasteiger partial charge in [-0.25, -0.2) is 4.98 Å². The molecule has 4 nitrogen and oxygen atoms in total.